The van der Waals surface area contributed by atoms with Gasteiger partial charge in [-0.15, -0.1) is 0 Å². The Bertz CT molecular complexity index is 1060. The molecule has 0 aliphatic heterocycles. The summed E-state index contributed by atoms with van der Waals surface area (Å²) in [6.07, 6.45) is 61.4. The number of hydrogen-bond acceptors (Lipinski definition) is 6. The van der Waals surface area contributed by atoms with Crippen molar-refractivity contribution in [3.63, 3.8) is 0 Å². The van der Waals surface area contributed by atoms with E-state index in [4.69, 9.17) is 14.2 Å². The summed E-state index contributed by atoms with van der Waals surface area (Å²) >= 11 is 0. The summed E-state index contributed by atoms with van der Waals surface area (Å²) in [5.74, 6) is -0.895. The van der Waals surface area contributed by atoms with Crippen LogP contribution in [-0.2, 0) is 28.6 Å². The molecule has 0 bridgehead atoms. The van der Waals surface area contributed by atoms with Crippen molar-refractivity contribution in [2.75, 3.05) is 13.2 Å². The van der Waals surface area contributed by atoms with Crippen LogP contribution in [0.3, 0.4) is 0 Å². The third-order valence-corrected chi connectivity index (χ3v) is 12.1. The van der Waals surface area contributed by atoms with E-state index in [9.17, 15) is 14.4 Å². The highest BCUT2D eigenvalue weighted by atomic mass is 16.6. The van der Waals surface area contributed by atoms with Crippen LogP contribution in [0.2, 0.25) is 0 Å². The SMILES string of the molecule is CCCC/C=C\CCCCCCC(=O)OCC(COC(=O)CCCCCCC/C=C\CCCCCCCCCCC)OC(=O)CCCCCCCCC/C=C\CCCCCCCC. The molecule has 0 saturated heterocycles. The van der Waals surface area contributed by atoms with Gasteiger partial charge in [0.25, 0.3) is 0 Å². The molecule has 0 aliphatic carbocycles. The molecule has 0 aliphatic rings. The maximum Gasteiger partial charge on any atom is 0.306 e. The van der Waals surface area contributed by atoms with E-state index in [0.717, 1.165) is 83.5 Å². The summed E-state index contributed by atoms with van der Waals surface area (Å²) in [5, 5.41) is 0. The molecular weight excluding hydrogens is 781 g/mol. The first kappa shape index (κ1) is 60.6. The smallest absolute Gasteiger partial charge is 0.306 e. The molecule has 0 aromatic carbocycles. The zero-order valence-corrected chi connectivity index (χ0v) is 42.1. The second-order valence-corrected chi connectivity index (χ2v) is 18.5. The molecule has 368 valence electrons. The summed E-state index contributed by atoms with van der Waals surface area (Å²) < 4.78 is 16.8. The molecule has 0 heterocycles. The van der Waals surface area contributed by atoms with Gasteiger partial charge in [0.1, 0.15) is 13.2 Å². The van der Waals surface area contributed by atoms with Crippen LogP contribution < -0.4 is 0 Å². The van der Waals surface area contributed by atoms with Gasteiger partial charge < -0.3 is 14.2 Å². The van der Waals surface area contributed by atoms with E-state index in [1.807, 2.05) is 0 Å². The fourth-order valence-electron chi connectivity index (χ4n) is 7.88. The minimum absolute atomic E-state index is 0.0801. The molecule has 0 spiro atoms. The topological polar surface area (TPSA) is 78.9 Å². The molecule has 63 heavy (non-hydrogen) atoms. The maximum absolute atomic E-state index is 12.8. The Labute approximate surface area is 391 Å². The normalized spacial score (nSPS) is 12.2. The van der Waals surface area contributed by atoms with Crippen LogP contribution in [-0.4, -0.2) is 37.2 Å². The van der Waals surface area contributed by atoms with Gasteiger partial charge in [0.05, 0.1) is 0 Å². The first-order chi connectivity index (χ1) is 31.0. The molecular formula is C57H104O6. The molecule has 0 saturated carbocycles. The van der Waals surface area contributed by atoms with Gasteiger partial charge in [-0.3, -0.25) is 14.4 Å². The average Bonchev–Trinajstić information content (AvgIpc) is 3.28. The lowest BCUT2D eigenvalue weighted by Crippen LogP contribution is -2.30. The van der Waals surface area contributed by atoms with Crippen LogP contribution >= 0.6 is 0 Å². The number of carbonyl (C=O) groups excluding carboxylic acids is 3. The molecule has 0 amide bonds. The number of ether oxygens (including phenoxy) is 3. The fourth-order valence-corrected chi connectivity index (χ4v) is 7.88. The van der Waals surface area contributed by atoms with Gasteiger partial charge in [-0.1, -0.05) is 218 Å². The van der Waals surface area contributed by atoms with E-state index in [2.05, 4.69) is 57.2 Å². The van der Waals surface area contributed by atoms with Crippen molar-refractivity contribution in [3.05, 3.63) is 36.5 Å². The van der Waals surface area contributed by atoms with Crippen molar-refractivity contribution in [1.82, 2.24) is 0 Å². The Kier molecular flexibility index (Phi) is 50.3. The van der Waals surface area contributed by atoms with Gasteiger partial charge in [-0.05, 0) is 89.9 Å². The van der Waals surface area contributed by atoms with Crippen molar-refractivity contribution >= 4 is 17.9 Å². The van der Waals surface area contributed by atoms with Crippen molar-refractivity contribution in [2.24, 2.45) is 0 Å². The summed E-state index contributed by atoms with van der Waals surface area (Å²) in [7, 11) is 0. The van der Waals surface area contributed by atoms with Gasteiger partial charge in [-0.2, -0.15) is 0 Å². The molecule has 0 rings (SSSR count). The van der Waals surface area contributed by atoms with Gasteiger partial charge in [0.2, 0.25) is 0 Å². The van der Waals surface area contributed by atoms with E-state index in [1.54, 1.807) is 0 Å². The Balaban J connectivity index is 4.32. The summed E-state index contributed by atoms with van der Waals surface area (Å²) in [4.78, 5) is 38.0. The van der Waals surface area contributed by atoms with Gasteiger partial charge in [-0.25, -0.2) is 0 Å². The molecule has 6 heteroatoms. The second kappa shape index (κ2) is 52.3. The molecule has 0 N–H and O–H groups in total. The number of allylic oxidation sites excluding steroid dienone is 6. The lowest BCUT2D eigenvalue weighted by Gasteiger charge is -2.18. The largest absolute Gasteiger partial charge is 0.462 e. The summed E-state index contributed by atoms with van der Waals surface area (Å²) in [5.41, 5.74) is 0. The number of carbonyl (C=O) groups is 3. The minimum atomic E-state index is -0.780. The molecule has 0 fully saturated rings. The summed E-state index contributed by atoms with van der Waals surface area (Å²) in [6, 6.07) is 0. The highest BCUT2D eigenvalue weighted by Crippen LogP contribution is 2.15. The zero-order chi connectivity index (χ0) is 45.8. The number of unbranched alkanes of at least 4 members (excludes halogenated alkanes) is 33. The van der Waals surface area contributed by atoms with Crippen LogP contribution in [0.5, 0.6) is 0 Å². The Morgan fingerprint density at radius 3 is 0.841 bits per heavy atom. The van der Waals surface area contributed by atoms with Crippen LogP contribution in [0, 0.1) is 0 Å². The van der Waals surface area contributed by atoms with Crippen LogP contribution in [0.15, 0.2) is 36.5 Å². The first-order valence-electron chi connectivity index (χ1n) is 27.5. The van der Waals surface area contributed by atoms with Crippen molar-refractivity contribution in [1.29, 1.82) is 0 Å². The van der Waals surface area contributed by atoms with Gasteiger partial charge in [0, 0.05) is 19.3 Å². The third-order valence-electron chi connectivity index (χ3n) is 12.1. The van der Waals surface area contributed by atoms with E-state index < -0.39 is 6.10 Å². The van der Waals surface area contributed by atoms with Crippen molar-refractivity contribution in [2.45, 2.75) is 297 Å². The monoisotopic (exact) mass is 885 g/mol. The highest BCUT2D eigenvalue weighted by molar-refractivity contribution is 5.71. The zero-order valence-electron chi connectivity index (χ0n) is 42.1. The Hall–Kier alpha value is -2.37. The molecule has 0 radical (unpaired) electrons. The molecule has 0 aromatic rings. The average molecular weight is 885 g/mol. The maximum atomic E-state index is 12.8. The van der Waals surface area contributed by atoms with Crippen LogP contribution in [0.1, 0.15) is 290 Å². The molecule has 1 atom stereocenters. The highest BCUT2D eigenvalue weighted by Gasteiger charge is 2.19. The Morgan fingerprint density at radius 2 is 0.540 bits per heavy atom. The lowest BCUT2D eigenvalue weighted by molar-refractivity contribution is -0.167. The molecule has 0 aromatic heterocycles. The van der Waals surface area contributed by atoms with Crippen molar-refractivity contribution in [3.8, 4) is 0 Å². The van der Waals surface area contributed by atoms with Gasteiger partial charge >= 0.3 is 17.9 Å². The number of hydrogen-bond donors (Lipinski definition) is 0. The van der Waals surface area contributed by atoms with Crippen LogP contribution in [0.4, 0.5) is 0 Å². The predicted octanol–water partition coefficient (Wildman–Crippen LogP) is 18.1. The fraction of sp³-hybridized carbons (Fsp3) is 0.842. The lowest BCUT2D eigenvalue weighted by atomic mass is 10.1. The predicted molar refractivity (Wildman–Crippen MR) is 270 cm³/mol. The Morgan fingerprint density at radius 1 is 0.302 bits per heavy atom. The van der Waals surface area contributed by atoms with E-state index in [0.29, 0.717) is 19.3 Å². The number of rotatable bonds is 50. The minimum Gasteiger partial charge on any atom is -0.462 e. The quantitative estimate of drug-likeness (QED) is 0.0262. The first-order valence-corrected chi connectivity index (χ1v) is 27.5. The van der Waals surface area contributed by atoms with E-state index in [1.165, 1.54) is 167 Å². The third kappa shape index (κ3) is 50.5. The standard InChI is InChI=1S/C57H104O6/c1-4-7-10-13-16-19-22-24-26-28-30-31-33-35-38-41-44-47-50-56(59)62-53-54(52-61-55(58)49-46-43-40-37-21-18-15-12-9-6-3)63-57(60)51-48-45-42-39-36-34-32-29-27-25-23-20-17-14-11-8-5-2/h15,18,25,27,30-31,54H,4-14,16-17,19-24,26,28-29,32-53H2,1-3H3/b18-15-,27-25-,31-30-. The van der Waals surface area contributed by atoms with Gasteiger partial charge in [0.15, 0.2) is 6.10 Å². The van der Waals surface area contributed by atoms with E-state index in [-0.39, 0.29) is 31.1 Å². The second-order valence-electron chi connectivity index (χ2n) is 18.5. The van der Waals surface area contributed by atoms with Crippen molar-refractivity contribution < 1.29 is 28.6 Å². The molecule has 6 nitrogen and oxygen atoms in total. The van der Waals surface area contributed by atoms with Crippen LogP contribution in [0.25, 0.3) is 0 Å². The number of esters is 3. The molecule has 1 unspecified atom stereocenters. The van der Waals surface area contributed by atoms with E-state index >= 15 is 0 Å². The summed E-state index contributed by atoms with van der Waals surface area (Å²) in [6.45, 7) is 6.60.